The highest BCUT2D eigenvalue weighted by atomic mass is 19.4. The van der Waals surface area contributed by atoms with Crippen molar-refractivity contribution in [3.8, 4) is 0 Å². The Morgan fingerprint density at radius 3 is 2.80 bits per heavy atom. The number of pyridine rings is 1. The fraction of sp³-hybridized carbons (Fsp3) is 0.333. The highest BCUT2D eigenvalue weighted by Crippen LogP contribution is 2.43. The number of nitrogens with zero attached hydrogens (tertiary/aromatic N) is 3. The van der Waals surface area contributed by atoms with Gasteiger partial charge in [0.25, 0.3) is 0 Å². The number of anilines is 2. The van der Waals surface area contributed by atoms with Crippen LogP contribution in [0.3, 0.4) is 0 Å². The van der Waals surface area contributed by atoms with E-state index in [0.717, 1.165) is 4.90 Å². The van der Waals surface area contributed by atoms with Crippen LogP contribution in [0.2, 0.25) is 0 Å². The van der Waals surface area contributed by atoms with Gasteiger partial charge < -0.3 is 10.6 Å². The van der Waals surface area contributed by atoms with Crippen molar-refractivity contribution in [3.63, 3.8) is 0 Å². The second-order valence-corrected chi connectivity index (χ2v) is 4.61. The van der Waals surface area contributed by atoms with E-state index < -0.39 is 17.8 Å². The van der Waals surface area contributed by atoms with Gasteiger partial charge in [0, 0.05) is 31.4 Å². The highest BCUT2D eigenvalue weighted by molar-refractivity contribution is 5.97. The van der Waals surface area contributed by atoms with Gasteiger partial charge in [-0.3, -0.25) is 0 Å². The van der Waals surface area contributed by atoms with Crippen LogP contribution in [0.5, 0.6) is 0 Å². The lowest BCUT2D eigenvalue weighted by Gasteiger charge is -2.30. The van der Waals surface area contributed by atoms with E-state index >= 15 is 0 Å². The number of carbonyl (C=O) groups excluding carboxylic acids is 1. The average molecular weight is 284 g/mol. The van der Waals surface area contributed by atoms with E-state index in [2.05, 4.69) is 4.98 Å². The van der Waals surface area contributed by atoms with Crippen LogP contribution >= 0.6 is 0 Å². The summed E-state index contributed by atoms with van der Waals surface area (Å²) >= 11 is 0. The predicted molar refractivity (Wildman–Crippen MR) is 66.2 cm³/mol. The summed E-state index contributed by atoms with van der Waals surface area (Å²) in [5.41, 5.74) is 4.92. The number of nitrogens with two attached hydrogens (primary N) is 1. The van der Waals surface area contributed by atoms with Crippen LogP contribution in [0, 0.1) is 0 Å². The molecule has 0 unspecified atom stereocenters. The number of alkyl halides is 3. The molecular weight excluding hydrogens is 273 g/mol. The first kappa shape index (κ1) is 12.8. The number of amides is 2. The fourth-order valence-electron chi connectivity index (χ4n) is 2.63. The third-order valence-electron chi connectivity index (χ3n) is 3.47. The number of urea groups is 1. The molecule has 4 rings (SSSR count). The molecule has 3 aliphatic heterocycles. The van der Waals surface area contributed by atoms with E-state index in [1.165, 1.54) is 6.20 Å². The maximum absolute atomic E-state index is 13.2. The Bertz CT molecular complexity index is 611. The van der Waals surface area contributed by atoms with Crippen LogP contribution in [-0.2, 0) is 0 Å². The summed E-state index contributed by atoms with van der Waals surface area (Å²) in [5.74, 6) is 0.159. The van der Waals surface area contributed by atoms with Crippen molar-refractivity contribution in [3.05, 3.63) is 29.6 Å². The van der Waals surface area contributed by atoms with Crippen molar-refractivity contribution in [2.24, 2.45) is 5.73 Å². The first-order valence-electron chi connectivity index (χ1n) is 5.98. The third-order valence-corrected chi connectivity index (χ3v) is 3.47. The number of rotatable bonds is 0. The monoisotopic (exact) mass is 284 g/mol. The summed E-state index contributed by atoms with van der Waals surface area (Å²) in [6.07, 6.45) is -2.97. The Balaban J connectivity index is 2.25. The Morgan fingerprint density at radius 2 is 2.15 bits per heavy atom. The van der Waals surface area contributed by atoms with Gasteiger partial charge in [-0.15, -0.1) is 0 Å². The minimum atomic E-state index is -4.50. The molecule has 8 heteroatoms. The topological polar surface area (TPSA) is 62.5 Å². The van der Waals surface area contributed by atoms with Gasteiger partial charge in [0.2, 0.25) is 0 Å². The van der Waals surface area contributed by atoms with Gasteiger partial charge in [-0.25, -0.2) is 14.7 Å². The molecule has 2 N–H and O–H groups in total. The smallest absolute Gasteiger partial charge is 0.364 e. The lowest BCUT2D eigenvalue weighted by atomic mass is 10.1. The molecule has 1 aromatic heterocycles. The Labute approximate surface area is 112 Å². The number of aromatic nitrogens is 1. The molecule has 0 atom stereocenters. The lowest BCUT2D eigenvalue weighted by molar-refractivity contribution is -0.0938. The van der Waals surface area contributed by atoms with Crippen LogP contribution < -0.4 is 15.5 Å². The number of hydrogen-bond acceptors (Lipinski definition) is 3. The molecular formula is C12H11F3N4O. The summed E-state index contributed by atoms with van der Waals surface area (Å²) in [5, 5.41) is 0. The minimum absolute atomic E-state index is 0.0984. The first-order valence-corrected chi connectivity index (χ1v) is 5.98. The summed E-state index contributed by atoms with van der Waals surface area (Å²) in [6.45, 7) is 0.110. The van der Waals surface area contributed by atoms with Gasteiger partial charge in [0.05, 0.1) is 11.3 Å². The van der Waals surface area contributed by atoms with Crippen molar-refractivity contribution in [1.29, 1.82) is 0 Å². The predicted octanol–water partition coefficient (Wildman–Crippen LogP) is 2.01. The maximum Gasteiger partial charge on any atom is 0.416 e. The SMILES string of the molecule is NC(=O)N1C2=C(C(F)(F)F)CN(CC2)c2cccnc21. The summed E-state index contributed by atoms with van der Waals surface area (Å²) in [4.78, 5) is 18.1. The van der Waals surface area contributed by atoms with E-state index in [-0.39, 0.29) is 24.5 Å². The van der Waals surface area contributed by atoms with Gasteiger partial charge in [-0.1, -0.05) is 0 Å². The van der Waals surface area contributed by atoms with E-state index in [9.17, 15) is 18.0 Å². The van der Waals surface area contributed by atoms with Gasteiger partial charge in [-0.2, -0.15) is 13.2 Å². The van der Waals surface area contributed by atoms with Gasteiger partial charge in [-0.05, 0) is 12.1 Å². The zero-order valence-electron chi connectivity index (χ0n) is 10.3. The molecule has 4 heterocycles. The normalized spacial score (nSPS) is 18.1. The number of hydrogen-bond donors (Lipinski definition) is 1. The second-order valence-electron chi connectivity index (χ2n) is 4.61. The largest absolute Gasteiger partial charge is 0.416 e. The quantitative estimate of drug-likeness (QED) is 0.792. The molecule has 0 saturated carbocycles. The van der Waals surface area contributed by atoms with Gasteiger partial charge in [0.1, 0.15) is 0 Å². The van der Waals surface area contributed by atoms with E-state index in [1.807, 2.05) is 0 Å². The van der Waals surface area contributed by atoms with Gasteiger partial charge in [0.15, 0.2) is 5.82 Å². The van der Waals surface area contributed by atoms with Crippen LogP contribution in [0.4, 0.5) is 29.5 Å². The molecule has 2 bridgehead atoms. The summed E-state index contributed by atoms with van der Waals surface area (Å²) in [7, 11) is 0. The second kappa shape index (κ2) is 4.12. The molecule has 106 valence electrons. The Hall–Kier alpha value is -2.25. The molecule has 0 saturated heterocycles. The number of halogens is 3. The Morgan fingerprint density at radius 1 is 1.40 bits per heavy atom. The highest BCUT2D eigenvalue weighted by Gasteiger charge is 2.44. The number of fused-ring (bicyclic) bond motifs is 2. The Kier molecular flexibility index (Phi) is 2.63. The molecule has 5 nitrogen and oxygen atoms in total. The minimum Gasteiger partial charge on any atom is -0.364 e. The zero-order valence-corrected chi connectivity index (χ0v) is 10.3. The van der Waals surface area contributed by atoms with Crippen molar-refractivity contribution in [2.75, 3.05) is 22.9 Å². The number of primary amides is 1. The van der Waals surface area contributed by atoms with Crippen LogP contribution in [-0.4, -0.2) is 30.3 Å². The van der Waals surface area contributed by atoms with Crippen LogP contribution in [0.25, 0.3) is 0 Å². The van der Waals surface area contributed by atoms with Crippen molar-refractivity contribution in [1.82, 2.24) is 4.98 Å². The standard InChI is InChI=1S/C12H11F3N4O/c13-12(14,15)7-6-18-5-3-8(7)19(11(16)20)10-9(18)2-1-4-17-10/h1-2,4H,3,5-6H2,(H2,16,20). The molecule has 0 spiro atoms. The van der Waals surface area contributed by atoms with Crippen molar-refractivity contribution < 1.29 is 18.0 Å². The molecule has 0 radical (unpaired) electrons. The lowest BCUT2D eigenvalue weighted by Crippen LogP contribution is -2.40. The fourth-order valence-corrected chi connectivity index (χ4v) is 2.63. The summed E-state index contributed by atoms with van der Waals surface area (Å²) < 4.78 is 39.5. The molecule has 1 aromatic rings. The first-order chi connectivity index (χ1) is 9.39. The molecule has 2 amide bonds. The molecule has 20 heavy (non-hydrogen) atoms. The van der Waals surface area contributed by atoms with E-state index in [4.69, 9.17) is 5.73 Å². The van der Waals surface area contributed by atoms with Crippen LogP contribution in [0.1, 0.15) is 6.42 Å². The molecule has 0 aliphatic carbocycles. The number of carbonyl (C=O) groups is 1. The van der Waals surface area contributed by atoms with E-state index in [1.54, 1.807) is 17.0 Å². The van der Waals surface area contributed by atoms with Gasteiger partial charge >= 0.3 is 12.2 Å². The molecule has 3 aliphatic rings. The zero-order chi connectivity index (χ0) is 14.5. The summed E-state index contributed by atoms with van der Waals surface area (Å²) in [6, 6.07) is 2.31. The third kappa shape index (κ3) is 1.79. The van der Waals surface area contributed by atoms with Crippen LogP contribution in [0.15, 0.2) is 29.6 Å². The van der Waals surface area contributed by atoms with E-state index in [0.29, 0.717) is 12.2 Å². The van der Waals surface area contributed by atoms with Crippen molar-refractivity contribution >= 4 is 17.5 Å². The maximum atomic E-state index is 13.2. The van der Waals surface area contributed by atoms with Crippen molar-refractivity contribution in [2.45, 2.75) is 12.6 Å². The molecule has 0 fully saturated rings. The average Bonchev–Trinajstić information content (AvgIpc) is 2.62. The molecule has 0 aromatic carbocycles.